The number of hydrazone groups is 1. The van der Waals surface area contributed by atoms with Gasteiger partial charge in [0.2, 0.25) is 0 Å². The van der Waals surface area contributed by atoms with Crippen LogP contribution in [0, 0.1) is 0 Å². The maximum atomic E-state index is 13.3. The van der Waals surface area contributed by atoms with Gasteiger partial charge in [0.05, 0.1) is 36.9 Å². The standard InChI is InChI=1S/C23H27N3O4S/c1-25(19-12-13-31(28,29)16-19)15-23(27)26-22(18-8-10-20(30-2)11-9-18)14-21(24-26)17-6-4-3-5-7-17/h3-11,19,22H,12-16H2,1-2H3. The molecule has 0 N–H and O–H groups in total. The Balaban J connectivity index is 1.56. The van der Waals surface area contributed by atoms with Crippen LogP contribution in [0.15, 0.2) is 59.7 Å². The first-order valence-corrected chi connectivity index (χ1v) is 12.2. The quantitative estimate of drug-likeness (QED) is 0.688. The first-order chi connectivity index (χ1) is 14.9. The Morgan fingerprint density at radius 3 is 2.48 bits per heavy atom. The van der Waals surface area contributed by atoms with Crippen LogP contribution in [0.1, 0.15) is 30.0 Å². The molecule has 2 aromatic rings. The topological polar surface area (TPSA) is 79.3 Å². The van der Waals surface area contributed by atoms with Crippen LogP contribution in [-0.4, -0.2) is 68.2 Å². The molecular formula is C23H27N3O4S. The molecule has 0 saturated carbocycles. The second-order valence-electron chi connectivity index (χ2n) is 8.12. The highest BCUT2D eigenvalue weighted by Crippen LogP contribution is 2.34. The van der Waals surface area contributed by atoms with Gasteiger partial charge in [0, 0.05) is 12.5 Å². The van der Waals surface area contributed by atoms with Gasteiger partial charge in [-0.25, -0.2) is 13.4 Å². The van der Waals surface area contributed by atoms with Gasteiger partial charge in [0.15, 0.2) is 9.84 Å². The molecule has 0 spiro atoms. The summed E-state index contributed by atoms with van der Waals surface area (Å²) in [6.45, 7) is 0.123. The highest BCUT2D eigenvalue weighted by molar-refractivity contribution is 7.91. The second kappa shape index (κ2) is 8.80. The molecule has 0 radical (unpaired) electrons. The number of likely N-dealkylation sites (N-methyl/N-ethyl adjacent to an activating group) is 1. The average Bonchev–Trinajstić information content (AvgIpc) is 3.38. The summed E-state index contributed by atoms with van der Waals surface area (Å²) in [5.41, 5.74) is 2.84. The molecular weight excluding hydrogens is 414 g/mol. The molecule has 2 aliphatic rings. The van der Waals surface area contributed by atoms with Crippen molar-refractivity contribution in [3.8, 4) is 5.75 Å². The predicted octanol–water partition coefficient (Wildman–Crippen LogP) is 2.49. The van der Waals surface area contributed by atoms with Crippen molar-refractivity contribution in [3.63, 3.8) is 0 Å². The number of benzene rings is 2. The van der Waals surface area contributed by atoms with Crippen LogP contribution in [-0.2, 0) is 14.6 Å². The molecule has 2 heterocycles. The molecule has 4 rings (SSSR count). The van der Waals surface area contributed by atoms with Crippen LogP contribution in [0.5, 0.6) is 5.75 Å². The SMILES string of the molecule is COc1ccc(C2CC(c3ccccc3)=NN2C(=O)CN(C)C2CCS(=O)(=O)C2)cc1. The highest BCUT2D eigenvalue weighted by atomic mass is 32.2. The van der Waals surface area contributed by atoms with E-state index in [1.807, 2.05) is 66.5 Å². The molecule has 2 aliphatic heterocycles. The summed E-state index contributed by atoms with van der Waals surface area (Å²) in [6.07, 6.45) is 1.18. The second-order valence-corrected chi connectivity index (χ2v) is 10.3. The van der Waals surface area contributed by atoms with Gasteiger partial charge < -0.3 is 4.74 Å². The van der Waals surface area contributed by atoms with Gasteiger partial charge in [-0.15, -0.1) is 0 Å². The normalized spacial score (nSPS) is 22.5. The zero-order chi connectivity index (χ0) is 22.0. The van der Waals surface area contributed by atoms with Gasteiger partial charge in [0.25, 0.3) is 5.91 Å². The lowest BCUT2D eigenvalue weighted by molar-refractivity contribution is -0.134. The molecule has 1 fully saturated rings. The van der Waals surface area contributed by atoms with Crippen molar-refractivity contribution in [1.29, 1.82) is 0 Å². The minimum absolute atomic E-state index is 0.108. The molecule has 31 heavy (non-hydrogen) atoms. The minimum Gasteiger partial charge on any atom is -0.497 e. The zero-order valence-electron chi connectivity index (χ0n) is 17.8. The fourth-order valence-corrected chi connectivity index (χ4v) is 5.97. The van der Waals surface area contributed by atoms with E-state index in [4.69, 9.17) is 9.84 Å². The van der Waals surface area contributed by atoms with E-state index in [2.05, 4.69) is 0 Å². The van der Waals surface area contributed by atoms with E-state index in [-0.39, 0.29) is 36.0 Å². The maximum absolute atomic E-state index is 13.3. The van der Waals surface area contributed by atoms with Crippen molar-refractivity contribution < 1.29 is 17.9 Å². The molecule has 2 aromatic carbocycles. The largest absolute Gasteiger partial charge is 0.497 e. The maximum Gasteiger partial charge on any atom is 0.257 e. The van der Waals surface area contributed by atoms with Crippen molar-refractivity contribution in [3.05, 3.63) is 65.7 Å². The van der Waals surface area contributed by atoms with E-state index in [1.165, 1.54) is 0 Å². The van der Waals surface area contributed by atoms with E-state index >= 15 is 0 Å². The number of amides is 1. The van der Waals surface area contributed by atoms with Gasteiger partial charge in [-0.05, 0) is 36.7 Å². The van der Waals surface area contributed by atoms with Gasteiger partial charge >= 0.3 is 0 Å². The van der Waals surface area contributed by atoms with Gasteiger partial charge in [0.1, 0.15) is 5.75 Å². The smallest absolute Gasteiger partial charge is 0.257 e. The number of ether oxygens (including phenoxy) is 1. The van der Waals surface area contributed by atoms with Gasteiger partial charge in [-0.3, -0.25) is 9.69 Å². The Kier molecular flexibility index (Phi) is 6.11. The summed E-state index contributed by atoms with van der Waals surface area (Å²) in [5.74, 6) is 0.909. The van der Waals surface area contributed by atoms with Crippen molar-refractivity contribution >= 4 is 21.5 Å². The fourth-order valence-electron chi connectivity index (χ4n) is 4.17. The third-order valence-corrected chi connectivity index (χ3v) is 7.74. The van der Waals surface area contributed by atoms with Crippen LogP contribution < -0.4 is 4.74 Å². The van der Waals surface area contributed by atoms with Crippen LogP contribution >= 0.6 is 0 Å². The Labute approximate surface area is 183 Å². The molecule has 1 saturated heterocycles. The van der Waals surface area contributed by atoms with Crippen LogP contribution in [0.2, 0.25) is 0 Å². The number of hydrogen-bond donors (Lipinski definition) is 0. The van der Waals surface area contributed by atoms with Crippen molar-refractivity contribution in [2.24, 2.45) is 5.10 Å². The van der Waals surface area contributed by atoms with E-state index in [1.54, 1.807) is 12.1 Å². The van der Waals surface area contributed by atoms with E-state index < -0.39 is 9.84 Å². The first-order valence-electron chi connectivity index (χ1n) is 10.4. The number of carbonyl (C=O) groups excluding carboxylic acids is 1. The molecule has 0 aromatic heterocycles. The van der Waals surface area contributed by atoms with Crippen LogP contribution in [0.4, 0.5) is 0 Å². The highest BCUT2D eigenvalue weighted by Gasteiger charge is 2.36. The van der Waals surface area contributed by atoms with Crippen LogP contribution in [0.25, 0.3) is 0 Å². The Morgan fingerprint density at radius 1 is 1.16 bits per heavy atom. The third kappa shape index (κ3) is 4.80. The molecule has 2 atom stereocenters. The van der Waals surface area contributed by atoms with Gasteiger partial charge in [-0.2, -0.15) is 5.10 Å². The molecule has 8 heteroatoms. The number of sulfone groups is 1. The monoisotopic (exact) mass is 441 g/mol. The number of carbonyl (C=O) groups is 1. The zero-order valence-corrected chi connectivity index (χ0v) is 18.6. The molecule has 1 amide bonds. The fraction of sp³-hybridized carbons (Fsp3) is 0.391. The molecule has 0 aliphatic carbocycles. The Bertz CT molecular complexity index is 1070. The van der Waals surface area contributed by atoms with Crippen molar-refractivity contribution in [1.82, 2.24) is 9.91 Å². The summed E-state index contributed by atoms with van der Waals surface area (Å²) in [6, 6.07) is 17.2. The first kappa shape index (κ1) is 21.5. The number of hydrogen-bond acceptors (Lipinski definition) is 6. The minimum atomic E-state index is -3.01. The van der Waals surface area contributed by atoms with Crippen molar-refractivity contribution in [2.45, 2.75) is 24.9 Å². The summed E-state index contributed by atoms with van der Waals surface area (Å²) in [5, 5.41) is 6.25. The lowest BCUT2D eigenvalue weighted by atomic mass is 9.98. The molecule has 164 valence electrons. The lowest BCUT2D eigenvalue weighted by Crippen LogP contribution is -2.41. The molecule has 2 unspecified atom stereocenters. The number of nitrogens with zero attached hydrogens (tertiary/aromatic N) is 3. The van der Waals surface area contributed by atoms with Crippen LogP contribution in [0.3, 0.4) is 0 Å². The van der Waals surface area contributed by atoms with Gasteiger partial charge in [-0.1, -0.05) is 42.5 Å². The third-order valence-electron chi connectivity index (χ3n) is 5.99. The lowest BCUT2D eigenvalue weighted by Gasteiger charge is -2.27. The van der Waals surface area contributed by atoms with E-state index in [0.717, 1.165) is 22.6 Å². The Hall–Kier alpha value is -2.71. The number of methoxy groups -OCH3 is 1. The van der Waals surface area contributed by atoms with E-state index in [9.17, 15) is 13.2 Å². The van der Waals surface area contributed by atoms with E-state index in [0.29, 0.717) is 12.8 Å². The average molecular weight is 442 g/mol. The summed E-state index contributed by atoms with van der Waals surface area (Å²) in [4.78, 5) is 15.1. The summed E-state index contributed by atoms with van der Waals surface area (Å²) >= 11 is 0. The molecule has 7 nitrogen and oxygen atoms in total. The summed E-state index contributed by atoms with van der Waals surface area (Å²) in [7, 11) is 0.424. The van der Waals surface area contributed by atoms with Crippen molar-refractivity contribution in [2.75, 3.05) is 32.2 Å². The summed E-state index contributed by atoms with van der Waals surface area (Å²) < 4.78 is 28.9. The number of rotatable bonds is 6. The Morgan fingerprint density at radius 2 is 1.87 bits per heavy atom. The predicted molar refractivity (Wildman–Crippen MR) is 120 cm³/mol. The molecule has 0 bridgehead atoms.